The van der Waals surface area contributed by atoms with Gasteiger partial charge in [-0.1, -0.05) is 42.5 Å². The van der Waals surface area contributed by atoms with Crippen LogP contribution in [0.4, 0.5) is 5.69 Å². The lowest BCUT2D eigenvalue weighted by atomic mass is 10.2. The minimum absolute atomic E-state index is 0.203. The summed E-state index contributed by atoms with van der Waals surface area (Å²) in [6.07, 6.45) is 0. The molecular formula is C21H28N3O2+. The summed E-state index contributed by atoms with van der Waals surface area (Å²) in [6, 6.07) is 18.3. The summed E-state index contributed by atoms with van der Waals surface area (Å²) in [6.45, 7) is 5.02. The summed E-state index contributed by atoms with van der Waals surface area (Å²) >= 11 is 0. The van der Waals surface area contributed by atoms with Gasteiger partial charge in [0, 0.05) is 13.6 Å². The van der Waals surface area contributed by atoms with E-state index in [1.54, 1.807) is 7.11 Å². The van der Waals surface area contributed by atoms with Gasteiger partial charge in [-0.25, -0.2) is 0 Å². The molecule has 26 heavy (non-hydrogen) atoms. The molecule has 5 nitrogen and oxygen atoms in total. The maximum absolute atomic E-state index is 12.5. The lowest BCUT2D eigenvalue weighted by Gasteiger charge is -2.34. The highest BCUT2D eigenvalue weighted by Gasteiger charge is 2.25. The summed E-state index contributed by atoms with van der Waals surface area (Å²) < 4.78 is 5.47. The molecule has 138 valence electrons. The Labute approximate surface area is 155 Å². The second-order valence-corrected chi connectivity index (χ2v) is 6.82. The zero-order valence-corrected chi connectivity index (χ0v) is 15.6. The Kier molecular flexibility index (Phi) is 6.12. The molecule has 1 fully saturated rings. The van der Waals surface area contributed by atoms with Gasteiger partial charge >= 0.3 is 0 Å². The minimum atomic E-state index is 0.203. The number of quaternary nitrogens is 1. The van der Waals surface area contributed by atoms with Crippen molar-refractivity contribution in [3.63, 3.8) is 0 Å². The molecule has 0 unspecified atom stereocenters. The highest BCUT2D eigenvalue weighted by molar-refractivity contribution is 5.76. The fourth-order valence-electron chi connectivity index (χ4n) is 3.43. The van der Waals surface area contributed by atoms with E-state index < -0.39 is 0 Å². The van der Waals surface area contributed by atoms with Crippen molar-refractivity contribution in [3.05, 3.63) is 60.2 Å². The van der Waals surface area contributed by atoms with E-state index in [-0.39, 0.29) is 5.91 Å². The number of hydrogen-bond acceptors (Lipinski definition) is 3. The van der Waals surface area contributed by atoms with Crippen LogP contribution in [0.5, 0.6) is 5.75 Å². The maximum Gasteiger partial charge on any atom is 0.277 e. The Bertz CT molecular complexity index is 712. The maximum atomic E-state index is 12.5. The second kappa shape index (κ2) is 8.72. The van der Waals surface area contributed by atoms with Crippen molar-refractivity contribution in [2.45, 2.75) is 6.54 Å². The Morgan fingerprint density at radius 1 is 1.08 bits per heavy atom. The molecule has 1 N–H and O–H groups in total. The van der Waals surface area contributed by atoms with Gasteiger partial charge in [0.2, 0.25) is 0 Å². The molecule has 3 rings (SSSR count). The number of anilines is 1. The number of nitrogens with zero attached hydrogens (tertiary/aromatic N) is 2. The van der Waals surface area contributed by atoms with E-state index in [1.807, 2.05) is 48.3 Å². The van der Waals surface area contributed by atoms with Crippen LogP contribution in [0.25, 0.3) is 0 Å². The number of hydrogen-bond donors (Lipinski definition) is 1. The minimum Gasteiger partial charge on any atom is -0.495 e. The molecule has 5 heteroatoms. The number of amides is 1. The first-order chi connectivity index (χ1) is 12.7. The van der Waals surface area contributed by atoms with Crippen LogP contribution in [-0.4, -0.2) is 57.7 Å². The highest BCUT2D eigenvalue weighted by atomic mass is 16.5. The number of carbonyl (C=O) groups excluding carboxylic acids is 1. The van der Waals surface area contributed by atoms with E-state index >= 15 is 0 Å². The second-order valence-electron chi connectivity index (χ2n) is 6.82. The van der Waals surface area contributed by atoms with Crippen molar-refractivity contribution in [2.75, 3.05) is 51.8 Å². The molecule has 0 saturated carbocycles. The van der Waals surface area contributed by atoms with Crippen molar-refractivity contribution in [1.82, 2.24) is 4.90 Å². The third kappa shape index (κ3) is 4.55. The molecular weight excluding hydrogens is 326 g/mol. The summed E-state index contributed by atoms with van der Waals surface area (Å²) in [7, 11) is 3.60. The van der Waals surface area contributed by atoms with Crippen LogP contribution in [0, 0.1) is 0 Å². The van der Waals surface area contributed by atoms with Gasteiger partial charge < -0.3 is 19.4 Å². The first kappa shape index (κ1) is 18.3. The average molecular weight is 354 g/mol. The predicted molar refractivity (Wildman–Crippen MR) is 104 cm³/mol. The molecule has 0 aromatic heterocycles. The Morgan fingerprint density at radius 2 is 1.73 bits per heavy atom. The number of ether oxygens (including phenoxy) is 1. The van der Waals surface area contributed by atoms with E-state index in [4.69, 9.17) is 4.74 Å². The largest absolute Gasteiger partial charge is 0.495 e. The van der Waals surface area contributed by atoms with Crippen molar-refractivity contribution < 1.29 is 14.4 Å². The number of para-hydroxylation sites is 2. The van der Waals surface area contributed by atoms with E-state index in [1.165, 1.54) is 10.5 Å². The number of benzene rings is 2. The summed E-state index contributed by atoms with van der Waals surface area (Å²) in [5, 5.41) is 0. The first-order valence-corrected chi connectivity index (χ1v) is 9.17. The number of rotatable bonds is 6. The van der Waals surface area contributed by atoms with E-state index in [0.29, 0.717) is 13.1 Å². The molecule has 2 aromatic carbocycles. The summed E-state index contributed by atoms with van der Waals surface area (Å²) in [5.74, 6) is 1.12. The van der Waals surface area contributed by atoms with Gasteiger partial charge in [0.1, 0.15) is 5.75 Å². The first-order valence-electron chi connectivity index (χ1n) is 9.17. The summed E-state index contributed by atoms with van der Waals surface area (Å²) in [5.41, 5.74) is 2.31. The third-order valence-corrected chi connectivity index (χ3v) is 4.99. The van der Waals surface area contributed by atoms with Gasteiger partial charge in [0.05, 0.1) is 39.0 Å². The van der Waals surface area contributed by atoms with Gasteiger partial charge in [-0.15, -0.1) is 0 Å². The van der Waals surface area contributed by atoms with Crippen LogP contribution in [-0.2, 0) is 11.3 Å². The van der Waals surface area contributed by atoms with E-state index in [2.05, 4.69) is 23.1 Å². The fraction of sp³-hybridized carbons (Fsp3) is 0.381. The zero-order valence-electron chi connectivity index (χ0n) is 15.6. The van der Waals surface area contributed by atoms with Crippen LogP contribution >= 0.6 is 0 Å². The number of methoxy groups -OCH3 is 1. The fourth-order valence-corrected chi connectivity index (χ4v) is 3.43. The molecule has 0 spiro atoms. The lowest BCUT2D eigenvalue weighted by molar-refractivity contribution is -0.892. The SMILES string of the molecule is COc1ccccc1N1CC[NH+](CC(=O)N(C)Cc2ccccc2)CC1. The van der Waals surface area contributed by atoms with E-state index in [9.17, 15) is 4.79 Å². The van der Waals surface area contributed by atoms with Crippen molar-refractivity contribution in [2.24, 2.45) is 0 Å². The Balaban J connectivity index is 1.50. The van der Waals surface area contributed by atoms with Crippen molar-refractivity contribution >= 4 is 11.6 Å². The molecule has 0 aliphatic carbocycles. The smallest absolute Gasteiger partial charge is 0.277 e. The molecule has 0 radical (unpaired) electrons. The van der Waals surface area contributed by atoms with Gasteiger partial charge in [-0.3, -0.25) is 4.79 Å². The topological polar surface area (TPSA) is 37.2 Å². The Hall–Kier alpha value is -2.53. The molecule has 0 bridgehead atoms. The predicted octanol–water partition coefficient (Wildman–Crippen LogP) is 1.06. The van der Waals surface area contributed by atoms with Gasteiger partial charge in [0.25, 0.3) is 5.91 Å². The van der Waals surface area contributed by atoms with Crippen molar-refractivity contribution in [3.8, 4) is 5.75 Å². The van der Waals surface area contributed by atoms with E-state index in [0.717, 1.165) is 37.6 Å². The van der Waals surface area contributed by atoms with Crippen molar-refractivity contribution in [1.29, 1.82) is 0 Å². The Morgan fingerprint density at radius 3 is 2.42 bits per heavy atom. The highest BCUT2D eigenvalue weighted by Crippen LogP contribution is 2.27. The van der Waals surface area contributed by atoms with Crippen LogP contribution in [0.15, 0.2) is 54.6 Å². The number of piperazine rings is 1. The molecule has 1 aliphatic rings. The molecule has 1 saturated heterocycles. The van der Waals surface area contributed by atoms with Gasteiger partial charge in [0.15, 0.2) is 6.54 Å². The number of carbonyl (C=O) groups is 1. The van der Waals surface area contributed by atoms with Crippen LogP contribution in [0.2, 0.25) is 0 Å². The number of nitrogens with one attached hydrogen (secondary N) is 1. The van der Waals surface area contributed by atoms with Gasteiger partial charge in [-0.05, 0) is 17.7 Å². The summed E-state index contributed by atoms with van der Waals surface area (Å²) in [4.78, 5) is 18.1. The standard InChI is InChI=1S/C21H27N3O2/c1-22(16-18-8-4-3-5-9-18)21(25)17-23-12-14-24(15-13-23)19-10-6-7-11-20(19)26-2/h3-11H,12-17H2,1-2H3/p+1. The molecule has 2 aromatic rings. The number of likely N-dealkylation sites (N-methyl/N-ethyl adjacent to an activating group) is 1. The molecule has 0 atom stereocenters. The lowest BCUT2D eigenvalue weighted by Crippen LogP contribution is -3.15. The average Bonchev–Trinajstić information content (AvgIpc) is 2.69. The monoisotopic (exact) mass is 354 g/mol. The zero-order chi connectivity index (χ0) is 18.4. The third-order valence-electron chi connectivity index (χ3n) is 4.99. The molecule has 1 aliphatic heterocycles. The molecule has 1 amide bonds. The van der Waals surface area contributed by atoms with Gasteiger partial charge in [-0.2, -0.15) is 0 Å². The molecule has 1 heterocycles. The van der Waals surface area contributed by atoms with Crippen LogP contribution in [0.1, 0.15) is 5.56 Å². The quantitative estimate of drug-likeness (QED) is 0.843. The van der Waals surface area contributed by atoms with Crippen LogP contribution < -0.4 is 14.5 Å². The van der Waals surface area contributed by atoms with Crippen LogP contribution in [0.3, 0.4) is 0 Å². The normalized spacial score (nSPS) is 14.9.